The van der Waals surface area contributed by atoms with Gasteiger partial charge in [0, 0.05) is 24.4 Å². The van der Waals surface area contributed by atoms with E-state index in [0.717, 1.165) is 25.0 Å². The fourth-order valence-electron chi connectivity index (χ4n) is 3.26. The number of carbonyl (C=O) groups excluding carboxylic acids is 1. The largest absolute Gasteiger partial charge is 0.494 e. The Morgan fingerprint density at radius 1 is 1.38 bits per heavy atom. The van der Waals surface area contributed by atoms with E-state index in [0.29, 0.717) is 19.1 Å². The van der Waals surface area contributed by atoms with E-state index in [1.165, 1.54) is 0 Å². The second-order valence-electron chi connectivity index (χ2n) is 6.47. The van der Waals surface area contributed by atoms with Crippen LogP contribution in [0.25, 0.3) is 0 Å². The summed E-state index contributed by atoms with van der Waals surface area (Å²) >= 11 is 0. The minimum Gasteiger partial charge on any atom is -0.494 e. The van der Waals surface area contributed by atoms with Gasteiger partial charge in [0.2, 0.25) is 5.91 Å². The number of amides is 1. The summed E-state index contributed by atoms with van der Waals surface area (Å²) in [5.74, 6) is 0.905. The SMILES string of the molecule is C[C@H](CCOc1ccccc1)C(=O)N[C@@H]1CCC[C@@H]1n1ccnc1. The van der Waals surface area contributed by atoms with Crippen LogP contribution in [0, 0.1) is 5.92 Å². The Balaban J connectivity index is 1.45. The summed E-state index contributed by atoms with van der Waals surface area (Å²) in [6.07, 6.45) is 9.58. The van der Waals surface area contributed by atoms with E-state index >= 15 is 0 Å². The molecule has 0 spiro atoms. The number of imidazole rings is 1. The van der Waals surface area contributed by atoms with Gasteiger partial charge in [-0.2, -0.15) is 0 Å². The fraction of sp³-hybridized carbons (Fsp3) is 0.474. The van der Waals surface area contributed by atoms with E-state index in [9.17, 15) is 4.79 Å². The van der Waals surface area contributed by atoms with E-state index < -0.39 is 0 Å². The van der Waals surface area contributed by atoms with Crippen molar-refractivity contribution in [2.45, 2.75) is 44.7 Å². The molecule has 5 heteroatoms. The van der Waals surface area contributed by atoms with Crippen molar-refractivity contribution in [1.29, 1.82) is 0 Å². The summed E-state index contributed by atoms with van der Waals surface area (Å²) in [6, 6.07) is 10.2. The summed E-state index contributed by atoms with van der Waals surface area (Å²) in [4.78, 5) is 16.6. The molecule has 1 aromatic carbocycles. The molecule has 3 rings (SSSR count). The predicted molar refractivity (Wildman–Crippen MR) is 92.8 cm³/mol. The lowest BCUT2D eigenvalue weighted by Gasteiger charge is -2.24. The first-order valence-corrected chi connectivity index (χ1v) is 8.69. The molecule has 1 aliphatic rings. The molecule has 1 heterocycles. The lowest BCUT2D eigenvalue weighted by atomic mass is 10.1. The highest BCUT2D eigenvalue weighted by Gasteiger charge is 2.30. The molecule has 1 N–H and O–H groups in total. The Labute approximate surface area is 143 Å². The van der Waals surface area contributed by atoms with Crippen LogP contribution in [0.15, 0.2) is 49.1 Å². The van der Waals surface area contributed by atoms with Crippen LogP contribution in [-0.2, 0) is 4.79 Å². The second-order valence-corrected chi connectivity index (χ2v) is 6.47. The zero-order valence-electron chi connectivity index (χ0n) is 14.1. The van der Waals surface area contributed by atoms with Gasteiger partial charge in [0.25, 0.3) is 0 Å². The maximum absolute atomic E-state index is 12.5. The summed E-state index contributed by atoms with van der Waals surface area (Å²) in [5.41, 5.74) is 0. The number of ether oxygens (including phenoxy) is 1. The van der Waals surface area contributed by atoms with Crippen molar-refractivity contribution in [3.63, 3.8) is 0 Å². The molecule has 1 saturated carbocycles. The molecule has 1 amide bonds. The molecule has 24 heavy (non-hydrogen) atoms. The summed E-state index contributed by atoms with van der Waals surface area (Å²) in [6.45, 7) is 2.51. The monoisotopic (exact) mass is 327 g/mol. The second kappa shape index (κ2) is 7.99. The number of nitrogens with zero attached hydrogens (tertiary/aromatic N) is 2. The zero-order chi connectivity index (χ0) is 16.8. The predicted octanol–water partition coefficient (Wildman–Crippen LogP) is 3.20. The molecule has 5 nitrogen and oxygen atoms in total. The Hall–Kier alpha value is -2.30. The number of para-hydroxylation sites is 1. The highest BCUT2D eigenvalue weighted by Crippen LogP contribution is 2.30. The molecule has 3 atom stereocenters. The average molecular weight is 327 g/mol. The number of rotatable bonds is 7. The number of aromatic nitrogens is 2. The summed E-state index contributed by atoms with van der Waals surface area (Å²) < 4.78 is 7.80. The van der Waals surface area contributed by atoms with E-state index in [1.807, 2.05) is 49.8 Å². The third-order valence-electron chi connectivity index (χ3n) is 4.73. The van der Waals surface area contributed by atoms with Crippen LogP contribution in [-0.4, -0.2) is 28.1 Å². The molecule has 0 radical (unpaired) electrons. The molecule has 1 fully saturated rings. The number of hydrogen-bond donors (Lipinski definition) is 1. The van der Waals surface area contributed by atoms with E-state index in [4.69, 9.17) is 4.74 Å². The average Bonchev–Trinajstić information content (AvgIpc) is 3.26. The topological polar surface area (TPSA) is 56.1 Å². The zero-order valence-corrected chi connectivity index (χ0v) is 14.1. The molecule has 1 aliphatic carbocycles. The molecule has 2 aromatic rings. The van der Waals surface area contributed by atoms with Gasteiger partial charge in [0.15, 0.2) is 0 Å². The molecule has 0 saturated heterocycles. The maximum Gasteiger partial charge on any atom is 0.223 e. The first-order chi connectivity index (χ1) is 11.7. The van der Waals surface area contributed by atoms with Gasteiger partial charge in [-0.15, -0.1) is 0 Å². The van der Waals surface area contributed by atoms with Gasteiger partial charge in [-0.05, 0) is 37.8 Å². The van der Waals surface area contributed by atoms with Gasteiger partial charge >= 0.3 is 0 Å². The Bertz CT molecular complexity index is 627. The maximum atomic E-state index is 12.5. The van der Waals surface area contributed by atoms with Gasteiger partial charge in [-0.25, -0.2) is 4.98 Å². The van der Waals surface area contributed by atoms with Gasteiger partial charge in [0.05, 0.1) is 19.0 Å². The molecule has 1 aromatic heterocycles. The smallest absolute Gasteiger partial charge is 0.223 e. The molecular weight excluding hydrogens is 302 g/mol. The van der Waals surface area contributed by atoms with Crippen LogP contribution in [0.1, 0.15) is 38.6 Å². The first-order valence-electron chi connectivity index (χ1n) is 8.69. The van der Waals surface area contributed by atoms with Crippen molar-refractivity contribution < 1.29 is 9.53 Å². The van der Waals surface area contributed by atoms with Gasteiger partial charge in [-0.3, -0.25) is 4.79 Å². The van der Waals surface area contributed by atoms with Crippen LogP contribution in [0.2, 0.25) is 0 Å². The highest BCUT2D eigenvalue weighted by molar-refractivity contribution is 5.78. The number of nitrogens with one attached hydrogen (secondary N) is 1. The standard InChI is InChI=1S/C19H25N3O2/c1-15(10-13-24-16-6-3-2-4-7-16)19(23)21-17-8-5-9-18(17)22-12-11-20-14-22/h2-4,6-7,11-12,14-15,17-18H,5,8-10,13H2,1H3,(H,21,23)/t15-,17-,18+/m1/s1. The number of hydrogen-bond acceptors (Lipinski definition) is 3. The van der Waals surface area contributed by atoms with E-state index in [-0.39, 0.29) is 17.9 Å². The molecule has 0 bridgehead atoms. The van der Waals surface area contributed by atoms with Crippen LogP contribution < -0.4 is 10.1 Å². The molecule has 0 unspecified atom stereocenters. The van der Waals surface area contributed by atoms with Gasteiger partial charge in [0.1, 0.15) is 5.75 Å². The van der Waals surface area contributed by atoms with Crippen molar-refractivity contribution in [2.75, 3.05) is 6.61 Å². The third kappa shape index (κ3) is 4.16. The highest BCUT2D eigenvalue weighted by atomic mass is 16.5. The lowest BCUT2D eigenvalue weighted by molar-refractivity contribution is -0.125. The van der Waals surface area contributed by atoms with Crippen LogP contribution >= 0.6 is 0 Å². The lowest BCUT2D eigenvalue weighted by Crippen LogP contribution is -2.41. The molecule has 128 valence electrons. The fourth-order valence-corrected chi connectivity index (χ4v) is 3.26. The van der Waals surface area contributed by atoms with Crippen LogP contribution in [0.4, 0.5) is 0 Å². The van der Waals surface area contributed by atoms with Crippen LogP contribution in [0.5, 0.6) is 5.75 Å². The van der Waals surface area contributed by atoms with Crippen molar-refractivity contribution >= 4 is 5.91 Å². The quantitative estimate of drug-likeness (QED) is 0.849. The number of carbonyl (C=O) groups is 1. The Morgan fingerprint density at radius 2 is 2.21 bits per heavy atom. The third-order valence-corrected chi connectivity index (χ3v) is 4.73. The number of benzene rings is 1. The van der Waals surface area contributed by atoms with Crippen molar-refractivity contribution in [3.8, 4) is 5.75 Å². The van der Waals surface area contributed by atoms with E-state index in [2.05, 4.69) is 14.9 Å². The molecule has 0 aliphatic heterocycles. The van der Waals surface area contributed by atoms with Crippen molar-refractivity contribution in [2.24, 2.45) is 5.92 Å². The normalized spacial score (nSPS) is 21.4. The Kier molecular flexibility index (Phi) is 5.51. The summed E-state index contributed by atoms with van der Waals surface area (Å²) in [5, 5.41) is 3.22. The Morgan fingerprint density at radius 3 is 2.96 bits per heavy atom. The molecular formula is C19H25N3O2. The van der Waals surface area contributed by atoms with Crippen molar-refractivity contribution in [3.05, 3.63) is 49.1 Å². The van der Waals surface area contributed by atoms with Crippen LogP contribution in [0.3, 0.4) is 0 Å². The minimum atomic E-state index is -0.0576. The minimum absolute atomic E-state index is 0.0576. The van der Waals surface area contributed by atoms with Gasteiger partial charge in [-0.1, -0.05) is 25.1 Å². The first kappa shape index (κ1) is 16.6. The van der Waals surface area contributed by atoms with Gasteiger partial charge < -0.3 is 14.6 Å². The van der Waals surface area contributed by atoms with Crippen molar-refractivity contribution in [1.82, 2.24) is 14.9 Å². The van der Waals surface area contributed by atoms with E-state index in [1.54, 1.807) is 6.20 Å². The summed E-state index contributed by atoms with van der Waals surface area (Å²) in [7, 11) is 0.